The second kappa shape index (κ2) is 7.82. The van der Waals surface area contributed by atoms with E-state index in [1.165, 1.54) is 12.0 Å². The molecule has 1 aromatic heterocycles. The number of aromatic amines is 1. The maximum atomic E-state index is 14.4. The number of methoxy groups -OCH3 is 1. The number of anilines is 2. The van der Waals surface area contributed by atoms with Crippen LogP contribution in [0.4, 0.5) is 20.8 Å². The summed E-state index contributed by atoms with van der Waals surface area (Å²) < 4.78 is 19.0. The third-order valence-corrected chi connectivity index (χ3v) is 6.20. The van der Waals surface area contributed by atoms with E-state index in [-0.39, 0.29) is 11.8 Å². The normalized spacial score (nSPS) is 19.4. The second-order valence-electron chi connectivity index (χ2n) is 8.33. The second-order valence-corrected chi connectivity index (χ2v) is 8.33. The molecule has 2 atom stereocenters. The van der Waals surface area contributed by atoms with Gasteiger partial charge in [0.1, 0.15) is 5.82 Å². The maximum Gasteiger partial charge on any atom is 0.413 e. The monoisotopic (exact) mass is 462 g/mol. The molecule has 9 heteroatoms. The fourth-order valence-electron chi connectivity index (χ4n) is 4.60. The van der Waals surface area contributed by atoms with Crippen LogP contribution in [-0.2, 0) is 10.5 Å². The molecular formula is C25H23FN4O4. The molecule has 0 fully saturated rings. The number of aromatic nitrogens is 2. The zero-order valence-electron chi connectivity index (χ0n) is 18.8. The van der Waals surface area contributed by atoms with Crippen LogP contribution in [0.2, 0.25) is 0 Å². The van der Waals surface area contributed by atoms with Gasteiger partial charge in [0.2, 0.25) is 5.95 Å². The van der Waals surface area contributed by atoms with Crippen molar-refractivity contribution in [2.45, 2.75) is 25.8 Å². The van der Waals surface area contributed by atoms with E-state index in [2.05, 4.69) is 20.0 Å². The molecule has 0 bridgehead atoms. The number of fused-ring (bicyclic) bond motifs is 2. The van der Waals surface area contributed by atoms with Gasteiger partial charge in [0.05, 0.1) is 18.1 Å². The van der Waals surface area contributed by atoms with Gasteiger partial charge in [-0.3, -0.25) is 5.32 Å². The first-order valence-corrected chi connectivity index (χ1v) is 10.6. The lowest BCUT2D eigenvalue weighted by molar-refractivity contribution is 0.0450. The third-order valence-electron chi connectivity index (χ3n) is 6.20. The predicted molar refractivity (Wildman–Crippen MR) is 125 cm³/mol. The molecular weight excluding hydrogens is 439 g/mol. The van der Waals surface area contributed by atoms with Crippen molar-refractivity contribution in [2.24, 2.45) is 0 Å². The molecule has 4 N–H and O–H groups in total. The van der Waals surface area contributed by atoms with Crippen molar-refractivity contribution in [2.75, 3.05) is 17.3 Å². The Balaban J connectivity index is 1.69. The van der Waals surface area contributed by atoms with Crippen LogP contribution >= 0.6 is 0 Å². The van der Waals surface area contributed by atoms with Crippen molar-refractivity contribution in [3.63, 3.8) is 0 Å². The Morgan fingerprint density at radius 2 is 1.88 bits per heavy atom. The van der Waals surface area contributed by atoms with Crippen LogP contribution in [0.3, 0.4) is 0 Å². The Morgan fingerprint density at radius 3 is 2.59 bits per heavy atom. The van der Waals surface area contributed by atoms with E-state index in [1.54, 1.807) is 68.4 Å². The van der Waals surface area contributed by atoms with Crippen LogP contribution in [0.1, 0.15) is 34.0 Å². The number of nitrogens with zero attached hydrogens (tertiary/aromatic N) is 2. The third kappa shape index (κ3) is 3.20. The van der Waals surface area contributed by atoms with Crippen LogP contribution in [0.5, 0.6) is 0 Å². The Labute approximate surface area is 194 Å². The number of carbonyl (C=O) groups is 1. The summed E-state index contributed by atoms with van der Waals surface area (Å²) in [6.07, 6.45) is -1.83. The number of hydrogen-bond acceptors (Lipinski definition) is 6. The van der Waals surface area contributed by atoms with Gasteiger partial charge in [-0.2, -0.15) is 0 Å². The van der Waals surface area contributed by atoms with E-state index >= 15 is 0 Å². The molecule has 5 rings (SSSR count). The van der Waals surface area contributed by atoms with Crippen LogP contribution < -0.4 is 10.2 Å². The van der Waals surface area contributed by atoms with E-state index in [1.807, 2.05) is 0 Å². The summed E-state index contributed by atoms with van der Waals surface area (Å²) >= 11 is 0. The molecule has 0 aliphatic carbocycles. The molecule has 174 valence electrons. The highest BCUT2D eigenvalue weighted by Gasteiger charge is 2.50. The molecule has 34 heavy (non-hydrogen) atoms. The number of aliphatic hydroxyl groups excluding tert-OH is 1. The van der Waals surface area contributed by atoms with Crippen molar-refractivity contribution in [1.29, 1.82) is 0 Å². The highest BCUT2D eigenvalue weighted by molar-refractivity contribution is 5.86. The largest absolute Gasteiger partial charge is 0.453 e. The Hall–Kier alpha value is -3.95. The lowest BCUT2D eigenvalue weighted by Gasteiger charge is -2.38. The number of H-pyrrole nitrogens is 1. The van der Waals surface area contributed by atoms with Crippen LogP contribution in [0.15, 0.2) is 54.6 Å². The number of ether oxygens (including phenoxy) is 1. The van der Waals surface area contributed by atoms with Crippen molar-refractivity contribution >= 4 is 28.8 Å². The Kier molecular flexibility index (Phi) is 5.03. The quantitative estimate of drug-likeness (QED) is 0.363. The standard InChI is InChI=1S/C25H23FN4O4/c1-13-10-16(11-14(2)21(13)26)30-22(31)17-6-4-5-7-18(17)25(30,33)15-8-9-19-20(12-15)28-23(27-19)29-24(32)34-3/h4-12,22,31,33H,1-3H3,(H2,27,28,29,32). The molecule has 3 aromatic carbocycles. The number of aliphatic hydroxyl groups is 2. The van der Waals surface area contributed by atoms with Gasteiger partial charge >= 0.3 is 6.09 Å². The summed E-state index contributed by atoms with van der Waals surface area (Å²) in [6.45, 7) is 3.29. The highest BCUT2D eigenvalue weighted by Crippen LogP contribution is 2.50. The SMILES string of the molecule is COC(=O)Nc1nc2ccc(C3(O)c4ccccc4C(O)N3c3cc(C)c(F)c(C)c3)cc2[nH]1. The lowest BCUT2D eigenvalue weighted by atomic mass is 9.93. The number of nitrogens with one attached hydrogen (secondary N) is 2. The minimum Gasteiger partial charge on any atom is -0.453 e. The van der Waals surface area contributed by atoms with Gasteiger partial charge in [-0.25, -0.2) is 14.2 Å². The number of halogens is 1. The van der Waals surface area contributed by atoms with Gasteiger partial charge in [-0.15, -0.1) is 0 Å². The molecule has 1 aliphatic rings. The molecule has 8 nitrogen and oxygen atoms in total. The number of amides is 1. The van der Waals surface area contributed by atoms with Gasteiger partial charge in [-0.1, -0.05) is 30.3 Å². The molecule has 0 saturated carbocycles. The van der Waals surface area contributed by atoms with E-state index in [0.29, 0.717) is 44.5 Å². The highest BCUT2D eigenvalue weighted by atomic mass is 19.1. The molecule has 0 spiro atoms. The molecule has 1 aliphatic heterocycles. The van der Waals surface area contributed by atoms with Crippen molar-refractivity contribution in [1.82, 2.24) is 9.97 Å². The number of carbonyl (C=O) groups excluding carboxylic acids is 1. The molecule has 1 amide bonds. The molecule has 0 radical (unpaired) electrons. The van der Waals surface area contributed by atoms with Crippen LogP contribution in [-0.4, -0.2) is 33.4 Å². The predicted octanol–water partition coefficient (Wildman–Crippen LogP) is 4.20. The van der Waals surface area contributed by atoms with E-state index in [0.717, 1.165) is 0 Å². The number of imidazole rings is 1. The summed E-state index contributed by atoms with van der Waals surface area (Å²) in [6, 6.07) is 15.4. The van der Waals surface area contributed by atoms with Gasteiger partial charge in [0, 0.05) is 22.4 Å². The fourth-order valence-corrected chi connectivity index (χ4v) is 4.60. The summed E-state index contributed by atoms with van der Waals surface area (Å²) in [4.78, 5) is 20.3. The van der Waals surface area contributed by atoms with Gasteiger partial charge < -0.3 is 24.8 Å². The number of benzene rings is 3. The average molecular weight is 462 g/mol. The van der Waals surface area contributed by atoms with Crippen molar-refractivity contribution in [3.05, 3.63) is 88.2 Å². The molecule has 0 saturated heterocycles. The topological polar surface area (TPSA) is 111 Å². The van der Waals surface area contributed by atoms with E-state index in [9.17, 15) is 19.4 Å². The van der Waals surface area contributed by atoms with Gasteiger partial charge in [0.25, 0.3) is 0 Å². The van der Waals surface area contributed by atoms with Gasteiger partial charge in [0.15, 0.2) is 12.0 Å². The zero-order valence-corrected chi connectivity index (χ0v) is 18.8. The first-order chi connectivity index (χ1) is 16.2. The van der Waals surface area contributed by atoms with Crippen LogP contribution in [0, 0.1) is 19.7 Å². The van der Waals surface area contributed by atoms with Crippen LogP contribution in [0.25, 0.3) is 11.0 Å². The lowest BCUT2D eigenvalue weighted by Crippen LogP contribution is -2.44. The van der Waals surface area contributed by atoms with E-state index in [4.69, 9.17) is 0 Å². The Morgan fingerprint density at radius 1 is 1.18 bits per heavy atom. The van der Waals surface area contributed by atoms with Crippen molar-refractivity contribution < 1.29 is 24.1 Å². The van der Waals surface area contributed by atoms with Crippen molar-refractivity contribution in [3.8, 4) is 0 Å². The number of aryl methyl sites for hydroxylation is 2. The minimum absolute atomic E-state index is 0.194. The Bertz CT molecular complexity index is 1410. The minimum atomic E-state index is -1.76. The summed E-state index contributed by atoms with van der Waals surface area (Å²) in [5.74, 6) is -0.137. The van der Waals surface area contributed by atoms with E-state index < -0.39 is 18.0 Å². The van der Waals surface area contributed by atoms with Gasteiger partial charge in [-0.05, 0) is 49.2 Å². The first-order valence-electron chi connectivity index (χ1n) is 10.6. The number of hydrogen-bond donors (Lipinski definition) is 4. The summed E-state index contributed by atoms with van der Waals surface area (Å²) in [7, 11) is 1.25. The summed E-state index contributed by atoms with van der Waals surface area (Å²) in [5, 5.41) is 26.0. The zero-order chi connectivity index (χ0) is 24.2. The smallest absolute Gasteiger partial charge is 0.413 e. The average Bonchev–Trinajstić information content (AvgIpc) is 3.33. The first kappa shape index (κ1) is 21.9. The number of rotatable bonds is 3. The maximum absolute atomic E-state index is 14.4. The molecule has 4 aromatic rings. The molecule has 2 heterocycles. The molecule has 2 unspecified atom stereocenters. The fraction of sp³-hybridized carbons (Fsp3) is 0.200. The summed E-state index contributed by atoms with van der Waals surface area (Å²) in [5.41, 5.74) is 2.15.